The molecular formula is C10H10N2O2. The van der Waals surface area contributed by atoms with Gasteiger partial charge in [-0.3, -0.25) is 0 Å². The fraction of sp³-hybridized carbons (Fsp3) is 0.200. The molecule has 2 heterocycles. The SMILES string of the molecule is CCc1cnc2[nH]c(C(=O)O)cc2c1. The molecule has 2 aromatic rings. The standard InChI is InChI=1S/C10H10N2O2/c1-2-6-3-7-4-8(10(13)14)12-9(7)11-5-6/h3-5H,2H2,1H3,(H,11,12)(H,13,14). The van der Waals surface area contributed by atoms with Gasteiger partial charge in [0.1, 0.15) is 11.3 Å². The Morgan fingerprint density at radius 3 is 3.00 bits per heavy atom. The second kappa shape index (κ2) is 3.14. The molecule has 2 aromatic heterocycles. The number of hydrogen-bond donors (Lipinski definition) is 2. The summed E-state index contributed by atoms with van der Waals surface area (Å²) in [6, 6.07) is 3.55. The number of nitrogens with zero attached hydrogens (tertiary/aromatic N) is 1. The Hall–Kier alpha value is -1.84. The first kappa shape index (κ1) is 8.74. The smallest absolute Gasteiger partial charge is 0.352 e. The molecule has 0 bridgehead atoms. The molecule has 0 saturated carbocycles. The molecule has 0 atom stereocenters. The van der Waals surface area contributed by atoms with E-state index in [1.165, 1.54) is 0 Å². The highest BCUT2D eigenvalue weighted by Crippen LogP contribution is 2.14. The third-order valence-corrected chi connectivity index (χ3v) is 2.17. The van der Waals surface area contributed by atoms with E-state index in [0.717, 1.165) is 17.4 Å². The van der Waals surface area contributed by atoms with E-state index in [9.17, 15) is 4.79 Å². The van der Waals surface area contributed by atoms with Gasteiger partial charge >= 0.3 is 5.97 Å². The molecule has 0 radical (unpaired) electrons. The van der Waals surface area contributed by atoms with Gasteiger partial charge in [-0.25, -0.2) is 9.78 Å². The van der Waals surface area contributed by atoms with Crippen LogP contribution in [0.3, 0.4) is 0 Å². The molecule has 0 aliphatic carbocycles. The predicted molar refractivity (Wildman–Crippen MR) is 52.4 cm³/mol. The summed E-state index contributed by atoms with van der Waals surface area (Å²) in [7, 11) is 0. The van der Waals surface area contributed by atoms with E-state index in [1.807, 2.05) is 13.0 Å². The zero-order valence-corrected chi connectivity index (χ0v) is 7.74. The molecule has 0 aromatic carbocycles. The number of carbonyl (C=O) groups is 1. The number of carboxylic acid groups (broad SMARTS) is 1. The van der Waals surface area contributed by atoms with Crippen molar-refractivity contribution >= 4 is 17.0 Å². The van der Waals surface area contributed by atoms with E-state index in [-0.39, 0.29) is 5.69 Å². The molecule has 0 saturated heterocycles. The van der Waals surface area contributed by atoms with Crippen molar-refractivity contribution in [3.8, 4) is 0 Å². The minimum absolute atomic E-state index is 0.181. The van der Waals surface area contributed by atoms with E-state index in [2.05, 4.69) is 9.97 Å². The zero-order chi connectivity index (χ0) is 10.1. The van der Waals surface area contributed by atoms with Crippen LogP contribution in [0.5, 0.6) is 0 Å². The van der Waals surface area contributed by atoms with Gasteiger partial charge in [0.15, 0.2) is 0 Å². The molecule has 2 N–H and O–H groups in total. The number of aromatic carboxylic acids is 1. The fourth-order valence-corrected chi connectivity index (χ4v) is 1.37. The maximum absolute atomic E-state index is 10.7. The van der Waals surface area contributed by atoms with Gasteiger partial charge in [-0.1, -0.05) is 6.92 Å². The Bertz CT molecular complexity index is 488. The highest BCUT2D eigenvalue weighted by molar-refractivity contribution is 5.92. The van der Waals surface area contributed by atoms with Crippen molar-refractivity contribution in [2.24, 2.45) is 0 Å². The van der Waals surface area contributed by atoms with Crippen molar-refractivity contribution in [2.75, 3.05) is 0 Å². The number of carboxylic acids is 1. The average Bonchev–Trinajstić information content (AvgIpc) is 2.59. The Morgan fingerprint density at radius 2 is 2.36 bits per heavy atom. The number of aromatic amines is 1. The van der Waals surface area contributed by atoms with Crippen LogP contribution in [0.2, 0.25) is 0 Å². The molecule has 0 fully saturated rings. The molecule has 0 unspecified atom stereocenters. The van der Waals surface area contributed by atoms with Crippen molar-refractivity contribution in [1.29, 1.82) is 0 Å². The first-order chi connectivity index (χ1) is 6.70. The summed E-state index contributed by atoms with van der Waals surface area (Å²) in [5.74, 6) is -0.957. The first-order valence-corrected chi connectivity index (χ1v) is 4.41. The molecule has 14 heavy (non-hydrogen) atoms. The summed E-state index contributed by atoms with van der Waals surface area (Å²) < 4.78 is 0. The number of pyridine rings is 1. The highest BCUT2D eigenvalue weighted by atomic mass is 16.4. The lowest BCUT2D eigenvalue weighted by atomic mass is 10.2. The summed E-state index contributed by atoms with van der Waals surface area (Å²) in [4.78, 5) is 17.5. The number of aromatic nitrogens is 2. The largest absolute Gasteiger partial charge is 0.477 e. The second-order valence-electron chi connectivity index (χ2n) is 3.12. The lowest BCUT2D eigenvalue weighted by molar-refractivity contribution is 0.0691. The Kier molecular flexibility index (Phi) is 1.96. The van der Waals surface area contributed by atoms with E-state index < -0.39 is 5.97 Å². The van der Waals surface area contributed by atoms with Gasteiger partial charge in [-0.05, 0) is 24.1 Å². The number of aryl methyl sites for hydroxylation is 1. The van der Waals surface area contributed by atoms with Crippen LogP contribution in [0.15, 0.2) is 18.3 Å². The van der Waals surface area contributed by atoms with Crippen molar-refractivity contribution in [3.63, 3.8) is 0 Å². The molecule has 0 aliphatic heterocycles. The van der Waals surface area contributed by atoms with Crippen LogP contribution in [0.1, 0.15) is 23.0 Å². The van der Waals surface area contributed by atoms with Gasteiger partial charge in [-0.2, -0.15) is 0 Å². The van der Waals surface area contributed by atoms with E-state index in [4.69, 9.17) is 5.11 Å². The molecule has 0 aliphatic rings. The Balaban J connectivity index is 2.60. The summed E-state index contributed by atoms with van der Waals surface area (Å²) in [6.45, 7) is 2.04. The van der Waals surface area contributed by atoms with Crippen molar-refractivity contribution in [2.45, 2.75) is 13.3 Å². The minimum Gasteiger partial charge on any atom is -0.477 e. The van der Waals surface area contributed by atoms with Gasteiger partial charge in [0.05, 0.1) is 0 Å². The van der Waals surface area contributed by atoms with Crippen molar-refractivity contribution in [1.82, 2.24) is 9.97 Å². The molecule has 0 spiro atoms. The van der Waals surface area contributed by atoms with Gasteiger partial charge in [-0.15, -0.1) is 0 Å². The molecular weight excluding hydrogens is 180 g/mol. The molecule has 72 valence electrons. The van der Waals surface area contributed by atoms with E-state index in [0.29, 0.717) is 5.65 Å². The van der Waals surface area contributed by atoms with Crippen LogP contribution >= 0.6 is 0 Å². The quantitative estimate of drug-likeness (QED) is 0.759. The highest BCUT2D eigenvalue weighted by Gasteiger charge is 2.07. The third kappa shape index (κ3) is 1.35. The second-order valence-corrected chi connectivity index (χ2v) is 3.12. The van der Waals surface area contributed by atoms with Gasteiger partial charge in [0.2, 0.25) is 0 Å². The summed E-state index contributed by atoms with van der Waals surface area (Å²) in [6.07, 6.45) is 2.65. The number of nitrogens with one attached hydrogen (secondary N) is 1. The zero-order valence-electron chi connectivity index (χ0n) is 7.74. The number of rotatable bonds is 2. The van der Waals surface area contributed by atoms with E-state index >= 15 is 0 Å². The van der Waals surface area contributed by atoms with Crippen molar-refractivity contribution < 1.29 is 9.90 Å². The molecule has 0 amide bonds. The van der Waals surface area contributed by atoms with Gasteiger partial charge < -0.3 is 10.1 Å². The normalized spacial score (nSPS) is 10.6. The lowest BCUT2D eigenvalue weighted by Crippen LogP contribution is -1.94. The monoisotopic (exact) mass is 190 g/mol. The van der Waals surface area contributed by atoms with Crippen LogP contribution < -0.4 is 0 Å². The van der Waals surface area contributed by atoms with Crippen LogP contribution in [0.4, 0.5) is 0 Å². The van der Waals surface area contributed by atoms with Crippen LogP contribution in [-0.2, 0) is 6.42 Å². The average molecular weight is 190 g/mol. The maximum atomic E-state index is 10.7. The van der Waals surface area contributed by atoms with Crippen molar-refractivity contribution in [3.05, 3.63) is 29.6 Å². The molecule has 2 rings (SSSR count). The summed E-state index contributed by atoms with van der Waals surface area (Å²) >= 11 is 0. The summed E-state index contributed by atoms with van der Waals surface area (Å²) in [5, 5.41) is 9.60. The fourth-order valence-electron chi connectivity index (χ4n) is 1.37. The molecule has 4 heteroatoms. The first-order valence-electron chi connectivity index (χ1n) is 4.41. The Labute approximate surface area is 80.6 Å². The van der Waals surface area contributed by atoms with E-state index in [1.54, 1.807) is 12.3 Å². The topological polar surface area (TPSA) is 66.0 Å². The Morgan fingerprint density at radius 1 is 1.57 bits per heavy atom. The summed E-state index contributed by atoms with van der Waals surface area (Å²) in [5.41, 5.74) is 1.91. The number of H-pyrrole nitrogens is 1. The third-order valence-electron chi connectivity index (χ3n) is 2.17. The van der Waals surface area contributed by atoms with Gasteiger partial charge in [0, 0.05) is 11.6 Å². The maximum Gasteiger partial charge on any atom is 0.352 e. The van der Waals surface area contributed by atoms with Crippen LogP contribution in [-0.4, -0.2) is 21.0 Å². The number of fused-ring (bicyclic) bond motifs is 1. The number of hydrogen-bond acceptors (Lipinski definition) is 2. The lowest BCUT2D eigenvalue weighted by Gasteiger charge is -1.93. The van der Waals surface area contributed by atoms with Crippen LogP contribution in [0, 0.1) is 0 Å². The minimum atomic E-state index is -0.957. The molecule has 4 nitrogen and oxygen atoms in total. The van der Waals surface area contributed by atoms with Crippen LogP contribution in [0.25, 0.3) is 11.0 Å². The predicted octanol–water partition coefficient (Wildman–Crippen LogP) is 1.82. The van der Waals surface area contributed by atoms with Gasteiger partial charge in [0.25, 0.3) is 0 Å².